The van der Waals surface area contributed by atoms with Gasteiger partial charge in [0, 0.05) is 43.9 Å². The first-order valence-electron chi connectivity index (χ1n) is 12.4. The molecular formula is C29H28N2O6. The van der Waals surface area contributed by atoms with Crippen LogP contribution in [0.3, 0.4) is 0 Å². The topological polar surface area (TPSA) is 94.1 Å². The van der Waals surface area contributed by atoms with E-state index in [4.69, 9.17) is 13.9 Å². The number of aromatic nitrogens is 1. The van der Waals surface area contributed by atoms with Gasteiger partial charge in [-0.1, -0.05) is 12.1 Å². The van der Waals surface area contributed by atoms with E-state index in [-0.39, 0.29) is 22.7 Å². The number of rotatable bonds is 5. The maximum atomic E-state index is 13.5. The van der Waals surface area contributed by atoms with Gasteiger partial charge < -0.3 is 23.6 Å². The molecule has 0 saturated carbocycles. The SMILES string of the molecule is COc1ccc(-c2coc3c(CN4C[C@@H]5C[C@@H](C4)c4cccc(=O)n4C5)c(O)ccc3c2=O)cc1OC. The van der Waals surface area contributed by atoms with Gasteiger partial charge in [-0.2, -0.15) is 0 Å². The molecule has 2 bridgehead atoms. The van der Waals surface area contributed by atoms with Crippen LogP contribution in [-0.2, 0) is 13.1 Å². The van der Waals surface area contributed by atoms with E-state index in [1.54, 1.807) is 50.6 Å². The third-order valence-corrected chi connectivity index (χ3v) is 7.65. The Hall–Kier alpha value is -4.04. The van der Waals surface area contributed by atoms with Gasteiger partial charge >= 0.3 is 0 Å². The molecule has 2 aromatic heterocycles. The minimum absolute atomic E-state index is 0.0550. The second kappa shape index (κ2) is 9.12. The van der Waals surface area contributed by atoms with Gasteiger partial charge in [0.05, 0.1) is 30.7 Å². The first-order valence-corrected chi connectivity index (χ1v) is 12.4. The van der Waals surface area contributed by atoms with Crippen molar-refractivity contribution in [2.45, 2.75) is 25.4 Å². The van der Waals surface area contributed by atoms with Crippen LogP contribution in [0.15, 0.2) is 68.8 Å². The Bertz CT molecular complexity index is 1620. The minimum atomic E-state index is -0.182. The zero-order chi connectivity index (χ0) is 25.7. The molecule has 1 N–H and O–H groups in total. The van der Waals surface area contributed by atoms with Crippen LogP contribution in [0.1, 0.15) is 23.6 Å². The van der Waals surface area contributed by atoms with E-state index in [1.807, 2.05) is 16.7 Å². The maximum Gasteiger partial charge on any atom is 0.250 e. The summed E-state index contributed by atoms with van der Waals surface area (Å²) in [5.74, 6) is 1.80. The summed E-state index contributed by atoms with van der Waals surface area (Å²) in [6, 6.07) is 13.9. The molecule has 2 aliphatic rings. The summed E-state index contributed by atoms with van der Waals surface area (Å²) in [5.41, 5.74) is 2.99. The second-order valence-electron chi connectivity index (χ2n) is 9.88. The molecule has 6 rings (SSSR count). The zero-order valence-electron chi connectivity index (χ0n) is 20.8. The van der Waals surface area contributed by atoms with E-state index in [0.29, 0.717) is 58.2 Å². The Kier molecular flexibility index (Phi) is 5.76. The Morgan fingerprint density at radius 2 is 1.84 bits per heavy atom. The van der Waals surface area contributed by atoms with Crippen molar-refractivity contribution < 1.29 is 19.0 Å². The molecule has 0 spiro atoms. The normalized spacial score (nSPS) is 19.0. The van der Waals surface area contributed by atoms with Gasteiger partial charge in [0.2, 0.25) is 5.43 Å². The standard InChI is InChI=1S/C29H28N2O6/c1-35-25-9-6-18(11-26(25)36-2)22-16-37-29-20(28(22)34)7-8-24(32)21(29)15-30-12-17-10-19(14-30)23-4-3-5-27(33)31(23)13-17/h3-9,11,16-17,19,32H,10,12-15H2,1-2H3/t17-,19-/m0/s1. The second-order valence-corrected chi connectivity index (χ2v) is 9.88. The smallest absolute Gasteiger partial charge is 0.250 e. The molecule has 4 heterocycles. The molecular weight excluding hydrogens is 472 g/mol. The summed E-state index contributed by atoms with van der Waals surface area (Å²) >= 11 is 0. The largest absolute Gasteiger partial charge is 0.507 e. The highest BCUT2D eigenvalue weighted by atomic mass is 16.5. The van der Waals surface area contributed by atoms with Gasteiger partial charge in [-0.25, -0.2) is 0 Å². The predicted octanol–water partition coefficient (Wildman–Crippen LogP) is 3.96. The van der Waals surface area contributed by atoms with E-state index < -0.39 is 0 Å². The lowest BCUT2D eigenvalue weighted by molar-refractivity contribution is 0.113. The van der Waals surface area contributed by atoms with Gasteiger partial charge in [0.15, 0.2) is 11.5 Å². The molecule has 2 aliphatic heterocycles. The Morgan fingerprint density at radius 1 is 1.00 bits per heavy atom. The van der Waals surface area contributed by atoms with Gasteiger partial charge in [-0.05, 0) is 48.2 Å². The number of methoxy groups -OCH3 is 2. The van der Waals surface area contributed by atoms with Crippen LogP contribution in [0, 0.1) is 5.92 Å². The number of fused-ring (bicyclic) bond motifs is 5. The van der Waals surface area contributed by atoms with E-state index in [2.05, 4.69) is 4.90 Å². The number of pyridine rings is 1. The van der Waals surface area contributed by atoms with Crippen molar-refractivity contribution in [1.29, 1.82) is 0 Å². The van der Waals surface area contributed by atoms with Crippen LogP contribution in [0.5, 0.6) is 17.2 Å². The zero-order valence-corrected chi connectivity index (χ0v) is 20.8. The summed E-state index contributed by atoms with van der Waals surface area (Å²) in [7, 11) is 3.11. The van der Waals surface area contributed by atoms with E-state index >= 15 is 0 Å². The number of hydrogen-bond acceptors (Lipinski definition) is 7. The molecule has 2 aromatic carbocycles. The molecule has 8 heteroatoms. The minimum Gasteiger partial charge on any atom is -0.507 e. The number of ether oxygens (including phenoxy) is 2. The third-order valence-electron chi connectivity index (χ3n) is 7.65. The molecule has 190 valence electrons. The maximum absolute atomic E-state index is 13.5. The van der Waals surface area contributed by atoms with E-state index in [1.165, 1.54) is 6.26 Å². The molecule has 0 amide bonds. The van der Waals surface area contributed by atoms with Crippen molar-refractivity contribution in [3.05, 3.63) is 86.6 Å². The molecule has 4 aromatic rings. The number of nitrogens with zero attached hydrogens (tertiary/aromatic N) is 2. The monoisotopic (exact) mass is 500 g/mol. The summed E-state index contributed by atoms with van der Waals surface area (Å²) in [6.45, 7) is 2.73. The number of benzene rings is 2. The summed E-state index contributed by atoms with van der Waals surface area (Å²) in [4.78, 5) is 28.1. The van der Waals surface area contributed by atoms with Gasteiger partial charge in [0.25, 0.3) is 5.56 Å². The van der Waals surface area contributed by atoms with Crippen LogP contribution >= 0.6 is 0 Å². The van der Waals surface area contributed by atoms with Crippen LogP contribution in [0.25, 0.3) is 22.1 Å². The van der Waals surface area contributed by atoms with Gasteiger partial charge in [-0.15, -0.1) is 0 Å². The van der Waals surface area contributed by atoms with Crippen LogP contribution in [0.2, 0.25) is 0 Å². The molecule has 8 nitrogen and oxygen atoms in total. The van der Waals surface area contributed by atoms with Gasteiger partial charge in [0.1, 0.15) is 17.6 Å². The van der Waals surface area contributed by atoms with Crippen molar-refractivity contribution in [2.75, 3.05) is 27.3 Å². The highest BCUT2D eigenvalue weighted by Crippen LogP contribution is 2.37. The van der Waals surface area contributed by atoms with E-state index in [9.17, 15) is 14.7 Å². The number of likely N-dealkylation sites (tertiary alicyclic amines) is 1. The number of phenols is 1. The van der Waals surface area contributed by atoms with Crippen LogP contribution < -0.4 is 20.5 Å². The third kappa shape index (κ3) is 3.97. The Balaban J connectivity index is 1.34. The fraction of sp³-hybridized carbons (Fsp3) is 0.310. The highest BCUT2D eigenvalue weighted by molar-refractivity contribution is 5.86. The molecule has 0 unspecified atom stereocenters. The summed E-state index contributed by atoms with van der Waals surface area (Å²) in [5, 5.41) is 11.2. The number of phenolic OH excluding ortho intramolecular Hbond substituents is 1. The fourth-order valence-corrected chi connectivity index (χ4v) is 5.95. The lowest BCUT2D eigenvalue weighted by atomic mass is 9.83. The molecule has 2 atom stereocenters. The van der Waals surface area contributed by atoms with Gasteiger partial charge in [-0.3, -0.25) is 14.5 Å². The Labute approximate surface area is 213 Å². The van der Waals surface area contributed by atoms with Crippen LogP contribution in [0.4, 0.5) is 0 Å². The average molecular weight is 501 g/mol. The highest BCUT2D eigenvalue weighted by Gasteiger charge is 2.35. The summed E-state index contributed by atoms with van der Waals surface area (Å²) in [6.07, 6.45) is 2.49. The molecule has 37 heavy (non-hydrogen) atoms. The quantitative estimate of drug-likeness (QED) is 0.443. The van der Waals surface area contributed by atoms with Crippen molar-refractivity contribution in [3.63, 3.8) is 0 Å². The lowest BCUT2D eigenvalue weighted by Gasteiger charge is -2.42. The van der Waals surface area contributed by atoms with Crippen LogP contribution in [-0.4, -0.2) is 41.9 Å². The lowest BCUT2D eigenvalue weighted by Crippen LogP contribution is -2.46. The molecule has 0 aliphatic carbocycles. The predicted molar refractivity (Wildman–Crippen MR) is 140 cm³/mol. The average Bonchev–Trinajstić information content (AvgIpc) is 2.91. The van der Waals surface area contributed by atoms with Crippen molar-refractivity contribution in [2.24, 2.45) is 5.92 Å². The van der Waals surface area contributed by atoms with Crippen molar-refractivity contribution in [1.82, 2.24) is 9.47 Å². The Morgan fingerprint density at radius 3 is 2.65 bits per heavy atom. The molecule has 0 radical (unpaired) electrons. The first kappa shape index (κ1) is 23.4. The first-order chi connectivity index (χ1) is 18.0. The fourth-order valence-electron chi connectivity index (χ4n) is 5.95. The van der Waals surface area contributed by atoms with Crippen molar-refractivity contribution >= 4 is 11.0 Å². The molecule has 1 saturated heterocycles. The number of hydrogen-bond donors (Lipinski definition) is 1. The summed E-state index contributed by atoms with van der Waals surface area (Å²) < 4.78 is 18.6. The van der Waals surface area contributed by atoms with Crippen molar-refractivity contribution in [3.8, 4) is 28.4 Å². The number of piperidine rings is 1. The van der Waals surface area contributed by atoms with E-state index in [0.717, 1.165) is 25.2 Å². The number of aromatic hydroxyl groups is 1. The molecule has 1 fully saturated rings.